The molecule has 2 fully saturated rings. The monoisotopic (exact) mass is 518 g/mol. The molecule has 1 amide bonds. The number of piperazine rings is 2. The molecule has 200 valence electrons. The van der Waals surface area contributed by atoms with Gasteiger partial charge < -0.3 is 14.7 Å². The maximum absolute atomic E-state index is 14.2. The van der Waals surface area contributed by atoms with Crippen molar-refractivity contribution >= 4 is 17.5 Å². The Labute approximate surface area is 222 Å². The van der Waals surface area contributed by atoms with Gasteiger partial charge in [-0.1, -0.05) is 49.4 Å². The number of para-hydroxylation sites is 1. The van der Waals surface area contributed by atoms with Gasteiger partial charge in [0.15, 0.2) is 0 Å². The fourth-order valence-electron chi connectivity index (χ4n) is 5.41. The van der Waals surface area contributed by atoms with Crippen LogP contribution in [0.2, 0.25) is 0 Å². The van der Waals surface area contributed by atoms with Gasteiger partial charge in [-0.2, -0.15) is 0 Å². The number of aromatic amines is 1. The van der Waals surface area contributed by atoms with Crippen molar-refractivity contribution in [2.75, 3.05) is 62.2 Å². The first-order chi connectivity index (χ1) is 18.5. The van der Waals surface area contributed by atoms with Crippen LogP contribution in [-0.4, -0.2) is 78.0 Å². The van der Waals surface area contributed by atoms with Gasteiger partial charge in [-0.3, -0.25) is 19.5 Å². The number of benzene rings is 2. The molecule has 3 heterocycles. The molecule has 8 nitrogen and oxygen atoms in total. The highest BCUT2D eigenvalue weighted by Crippen LogP contribution is 2.24. The molecule has 1 N–H and O–H groups in total. The van der Waals surface area contributed by atoms with E-state index in [0.717, 1.165) is 30.8 Å². The van der Waals surface area contributed by atoms with E-state index in [1.165, 1.54) is 6.07 Å². The first-order valence-corrected chi connectivity index (χ1v) is 13.4. The van der Waals surface area contributed by atoms with Gasteiger partial charge in [0.1, 0.15) is 5.82 Å². The summed E-state index contributed by atoms with van der Waals surface area (Å²) in [5.74, 6) is 0.375. The number of nitrogens with zero attached hydrogens (tertiary/aromatic N) is 5. The second-order valence-electron chi connectivity index (χ2n) is 9.96. The zero-order valence-corrected chi connectivity index (χ0v) is 21.9. The predicted molar refractivity (Wildman–Crippen MR) is 147 cm³/mol. The first-order valence-electron chi connectivity index (χ1n) is 13.4. The standard InChI is InChI=1S/C29H35FN6O2/c1-2-24(22-8-4-3-5-9-22)28(38)35-16-18-36(19-17-35)29-31-23(20-27(37)32-29)21-33-12-14-34(15-13-33)26-11-7-6-10-25(26)30/h3-11,20,24H,2,12-19,21H2,1H3,(H,31,32,37)/t24-/m0/s1. The van der Waals surface area contributed by atoms with E-state index in [2.05, 4.69) is 14.8 Å². The molecular formula is C29H35FN6O2. The SMILES string of the molecule is CC[C@H](C(=O)N1CCN(c2nc(CN3CCN(c4ccccc4F)CC3)cc(=O)[nH]2)CC1)c1ccccc1. The minimum atomic E-state index is -0.200. The minimum absolute atomic E-state index is 0.136. The van der Waals surface area contributed by atoms with Crippen molar-refractivity contribution in [3.05, 3.63) is 88.1 Å². The Kier molecular flexibility index (Phi) is 8.03. The Hall–Kier alpha value is -3.72. The number of nitrogens with one attached hydrogen (secondary N) is 1. The maximum atomic E-state index is 14.2. The van der Waals surface area contributed by atoms with Crippen LogP contribution >= 0.6 is 0 Å². The molecular weight excluding hydrogens is 483 g/mol. The number of carbonyl (C=O) groups is 1. The molecule has 2 aliphatic heterocycles. The Balaban J connectivity index is 1.17. The van der Waals surface area contributed by atoms with Crippen LogP contribution in [0, 0.1) is 5.82 Å². The van der Waals surface area contributed by atoms with E-state index >= 15 is 0 Å². The quantitative estimate of drug-likeness (QED) is 0.518. The molecule has 5 rings (SSSR count). The van der Waals surface area contributed by atoms with E-state index in [1.54, 1.807) is 12.1 Å². The van der Waals surface area contributed by atoms with Crippen LogP contribution in [0.5, 0.6) is 0 Å². The third kappa shape index (κ3) is 5.88. The summed E-state index contributed by atoms with van der Waals surface area (Å²) in [6, 6.07) is 18.4. The molecule has 2 saturated heterocycles. The highest BCUT2D eigenvalue weighted by molar-refractivity contribution is 5.84. The molecule has 0 saturated carbocycles. The van der Waals surface area contributed by atoms with Gasteiger partial charge >= 0.3 is 0 Å². The lowest BCUT2D eigenvalue weighted by molar-refractivity contribution is -0.133. The summed E-state index contributed by atoms with van der Waals surface area (Å²) >= 11 is 0. The summed E-state index contributed by atoms with van der Waals surface area (Å²) in [7, 11) is 0. The summed E-state index contributed by atoms with van der Waals surface area (Å²) in [5.41, 5.74) is 2.23. The van der Waals surface area contributed by atoms with Gasteiger partial charge in [0.25, 0.3) is 5.56 Å². The van der Waals surface area contributed by atoms with Gasteiger partial charge in [-0.15, -0.1) is 0 Å². The fraction of sp³-hybridized carbons (Fsp3) is 0.414. The molecule has 3 aromatic rings. The molecule has 1 aromatic heterocycles. The van der Waals surface area contributed by atoms with E-state index in [-0.39, 0.29) is 23.2 Å². The third-order valence-electron chi connectivity index (χ3n) is 7.53. The lowest BCUT2D eigenvalue weighted by Crippen LogP contribution is -2.50. The predicted octanol–water partition coefficient (Wildman–Crippen LogP) is 3.07. The van der Waals surface area contributed by atoms with Gasteiger partial charge in [-0.25, -0.2) is 9.37 Å². The van der Waals surface area contributed by atoms with Crippen LogP contribution in [0.25, 0.3) is 0 Å². The number of carbonyl (C=O) groups excluding carboxylic acids is 1. The van der Waals surface area contributed by atoms with E-state index in [1.807, 2.05) is 59.2 Å². The van der Waals surface area contributed by atoms with Crippen LogP contribution in [-0.2, 0) is 11.3 Å². The van der Waals surface area contributed by atoms with Crippen molar-refractivity contribution < 1.29 is 9.18 Å². The van der Waals surface area contributed by atoms with Crippen LogP contribution < -0.4 is 15.4 Å². The maximum Gasteiger partial charge on any atom is 0.252 e. The highest BCUT2D eigenvalue weighted by atomic mass is 19.1. The smallest absolute Gasteiger partial charge is 0.252 e. The number of rotatable bonds is 7. The number of halogens is 1. The van der Waals surface area contributed by atoms with E-state index in [4.69, 9.17) is 4.98 Å². The van der Waals surface area contributed by atoms with Crippen molar-refractivity contribution in [2.24, 2.45) is 0 Å². The van der Waals surface area contributed by atoms with E-state index < -0.39 is 0 Å². The summed E-state index contributed by atoms with van der Waals surface area (Å²) < 4.78 is 14.2. The van der Waals surface area contributed by atoms with Crippen molar-refractivity contribution in [1.82, 2.24) is 19.8 Å². The Morgan fingerprint density at radius 2 is 1.58 bits per heavy atom. The molecule has 0 bridgehead atoms. The molecule has 0 unspecified atom stereocenters. The fourth-order valence-corrected chi connectivity index (χ4v) is 5.41. The van der Waals surface area contributed by atoms with Crippen molar-refractivity contribution in [2.45, 2.75) is 25.8 Å². The molecule has 9 heteroatoms. The summed E-state index contributed by atoms with van der Waals surface area (Å²) in [4.78, 5) is 41.6. The number of amides is 1. The highest BCUT2D eigenvalue weighted by Gasteiger charge is 2.28. The average molecular weight is 519 g/mol. The van der Waals surface area contributed by atoms with Crippen molar-refractivity contribution in [1.29, 1.82) is 0 Å². The van der Waals surface area contributed by atoms with Crippen molar-refractivity contribution in [3.8, 4) is 0 Å². The molecule has 1 atom stereocenters. The van der Waals surface area contributed by atoms with E-state index in [0.29, 0.717) is 57.4 Å². The number of hydrogen-bond donors (Lipinski definition) is 1. The van der Waals surface area contributed by atoms with Gasteiger partial charge in [-0.05, 0) is 24.1 Å². The Bertz CT molecular complexity index is 1280. The second-order valence-corrected chi connectivity index (χ2v) is 9.96. The third-order valence-corrected chi connectivity index (χ3v) is 7.53. The first kappa shape index (κ1) is 25.9. The molecule has 0 aliphatic carbocycles. The molecule has 0 radical (unpaired) electrons. The number of aromatic nitrogens is 2. The van der Waals surface area contributed by atoms with Crippen LogP contribution in [0.1, 0.15) is 30.5 Å². The lowest BCUT2D eigenvalue weighted by atomic mass is 9.95. The van der Waals surface area contributed by atoms with Crippen LogP contribution in [0.15, 0.2) is 65.5 Å². The number of H-pyrrole nitrogens is 1. The van der Waals surface area contributed by atoms with Gasteiger partial charge in [0.05, 0.1) is 17.3 Å². The van der Waals surface area contributed by atoms with Gasteiger partial charge in [0.2, 0.25) is 11.9 Å². The summed E-state index contributed by atoms with van der Waals surface area (Å²) in [6.07, 6.45) is 0.758. The Morgan fingerprint density at radius 1 is 0.921 bits per heavy atom. The molecule has 38 heavy (non-hydrogen) atoms. The largest absolute Gasteiger partial charge is 0.367 e. The molecule has 2 aliphatic rings. The molecule has 2 aromatic carbocycles. The molecule has 0 spiro atoms. The zero-order valence-electron chi connectivity index (χ0n) is 21.9. The van der Waals surface area contributed by atoms with Gasteiger partial charge in [0, 0.05) is 65.0 Å². The van der Waals surface area contributed by atoms with E-state index in [9.17, 15) is 14.0 Å². The Morgan fingerprint density at radius 3 is 2.26 bits per heavy atom. The lowest BCUT2D eigenvalue weighted by Gasteiger charge is -2.37. The minimum Gasteiger partial charge on any atom is -0.367 e. The van der Waals surface area contributed by atoms with Crippen LogP contribution in [0.4, 0.5) is 16.0 Å². The number of hydrogen-bond acceptors (Lipinski definition) is 6. The second kappa shape index (κ2) is 11.8. The summed E-state index contributed by atoms with van der Waals surface area (Å²) in [6.45, 7) is 7.99. The van der Waals surface area contributed by atoms with Crippen LogP contribution in [0.3, 0.4) is 0 Å². The number of anilines is 2. The average Bonchev–Trinajstić information content (AvgIpc) is 2.94. The normalized spacial score (nSPS) is 17.5. The van der Waals surface area contributed by atoms with Crippen molar-refractivity contribution in [3.63, 3.8) is 0 Å². The summed E-state index contributed by atoms with van der Waals surface area (Å²) in [5, 5.41) is 0. The zero-order chi connectivity index (χ0) is 26.5. The topological polar surface area (TPSA) is 75.8 Å².